The first-order valence-corrected chi connectivity index (χ1v) is 10.00. The summed E-state index contributed by atoms with van der Waals surface area (Å²) in [6.07, 6.45) is 0. The fraction of sp³-hybridized carbons (Fsp3) is 0. The van der Waals surface area contributed by atoms with Crippen LogP contribution in [0.15, 0.2) is 83.3 Å². The Kier molecular flexibility index (Phi) is 4.66. The number of benzene rings is 4. The van der Waals surface area contributed by atoms with E-state index in [1.54, 1.807) is 30.3 Å². The lowest BCUT2D eigenvalue weighted by Crippen LogP contribution is -2.12. The zero-order chi connectivity index (χ0) is 20.7. The number of aromatic nitrogens is 1. The summed E-state index contributed by atoms with van der Waals surface area (Å²) in [6.45, 7) is 0. The molecule has 1 N–H and O–H groups in total. The number of hydrogen-bond donors (Lipinski definition) is 1. The molecule has 1 aromatic heterocycles. The number of rotatable bonds is 3. The molecule has 4 nitrogen and oxygen atoms in total. The average molecular weight is 433 g/mol. The zero-order valence-electron chi connectivity index (χ0n) is 15.5. The molecule has 1 heterocycles. The number of nitrogens with zero attached hydrogens (tertiary/aromatic N) is 1. The van der Waals surface area contributed by atoms with Crippen LogP contribution < -0.4 is 5.32 Å². The van der Waals surface area contributed by atoms with Crippen LogP contribution in [-0.2, 0) is 0 Å². The van der Waals surface area contributed by atoms with Gasteiger partial charge < -0.3 is 9.73 Å². The Balaban J connectivity index is 1.51. The molecule has 0 unspecified atom stereocenters. The van der Waals surface area contributed by atoms with E-state index in [0.717, 1.165) is 16.3 Å². The lowest BCUT2D eigenvalue weighted by Gasteiger charge is -2.10. The minimum atomic E-state index is -0.242. The third-order valence-electron chi connectivity index (χ3n) is 4.86. The molecule has 0 saturated heterocycles. The van der Waals surface area contributed by atoms with E-state index in [9.17, 15) is 4.79 Å². The van der Waals surface area contributed by atoms with Crippen molar-refractivity contribution in [2.24, 2.45) is 0 Å². The number of halogens is 2. The third-order valence-corrected chi connectivity index (χ3v) is 5.52. The Morgan fingerprint density at radius 3 is 2.50 bits per heavy atom. The first-order valence-electron chi connectivity index (χ1n) is 9.24. The maximum absolute atomic E-state index is 13.0. The van der Waals surface area contributed by atoms with Crippen molar-refractivity contribution in [2.75, 3.05) is 5.32 Å². The fourth-order valence-corrected chi connectivity index (χ4v) is 3.86. The Bertz CT molecular complexity index is 1390. The van der Waals surface area contributed by atoms with E-state index in [4.69, 9.17) is 27.6 Å². The highest BCUT2D eigenvalue weighted by Gasteiger charge is 2.15. The van der Waals surface area contributed by atoms with E-state index in [-0.39, 0.29) is 5.91 Å². The molecule has 0 aliphatic rings. The highest BCUT2D eigenvalue weighted by Crippen LogP contribution is 2.33. The van der Waals surface area contributed by atoms with E-state index in [2.05, 4.69) is 10.3 Å². The van der Waals surface area contributed by atoms with Crippen molar-refractivity contribution in [3.8, 4) is 11.5 Å². The predicted octanol–water partition coefficient (Wildman–Crippen LogP) is 7.21. The molecule has 5 rings (SSSR count). The number of carbonyl (C=O) groups excluding carboxylic acids is 1. The summed E-state index contributed by atoms with van der Waals surface area (Å²) in [6, 6.07) is 23.7. The Hall–Kier alpha value is -3.34. The second-order valence-electron chi connectivity index (χ2n) is 6.78. The van der Waals surface area contributed by atoms with Gasteiger partial charge in [0.1, 0.15) is 5.52 Å². The van der Waals surface area contributed by atoms with Crippen molar-refractivity contribution in [1.29, 1.82) is 0 Å². The van der Waals surface area contributed by atoms with Crippen molar-refractivity contribution >= 4 is 56.7 Å². The smallest absolute Gasteiger partial charge is 0.256 e. The normalized spacial score (nSPS) is 11.1. The summed E-state index contributed by atoms with van der Waals surface area (Å²) in [5, 5.41) is 5.63. The molecule has 1 amide bonds. The molecule has 5 aromatic rings. The van der Waals surface area contributed by atoms with E-state index in [1.807, 2.05) is 48.5 Å². The molecule has 0 bridgehead atoms. The monoisotopic (exact) mass is 432 g/mol. The number of carbonyl (C=O) groups is 1. The first kappa shape index (κ1) is 18.7. The lowest BCUT2D eigenvalue weighted by atomic mass is 10.0. The summed E-state index contributed by atoms with van der Waals surface area (Å²) >= 11 is 12.6. The molecule has 0 aliphatic heterocycles. The summed E-state index contributed by atoms with van der Waals surface area (Å²) in [4.78, 5) is 17.5. The van der Waals surface area contributed by atoms with E-state index >= 15 is 0 Å². The molecule has 0 fully saturated rings. The Morgan fingerprint density at radius 2 is 1.63 bits per heavy atom. The van der Waals surface area contributed by atoms with Crippen molar-refractivity contribution in [1.82, 2.24) is 4.98 Å². The second-order valence-corrected chi connectivity index (χ2v) is 7.59. The molecule has 0 saturated carbocycles. The van der Waals surface area contributed by atoms with Crippen LogP contribution in [0.25, 0.3) is 33.3 Å². The fourth-order valence-electron chi connectivity index (χ4n) is 3.42. The van der Waals surface area contributed by atoms with Crippen molar-refractivity contribution in [3.63, 3.8) is 0 Å². The van der Waals surface area contributed by atoms with Gasteiger partial charge in [0, 0.05) is 21.7 Å². The number of anilines is 1. The standard InChI is InChI=1S/C24H14Cl2N2O2/c25-19-8-4-5-15-16(19)6-3-7-17(15)23(29)27-14-11-12-20(26)18(13-14)24-28-21-9-1-2-10-22(21)30-24/h1-13H,(H,27,29). The number of amides is 1. The minimum Gasteiger partial charge on any atom is -0.436 e. The van der Waals surface area contributed by atoms with Gasteiger partial charge in [-0.05, 0) is 47.9 Å². The second kappa shape index (κ2) is 7.48. The molecular weight excluding hydrogens is 419 g/mol. The van der Waals surface area contributed by atoms with E-state index in [0.29, 0.717) is 38.3 Å². The summed E-state index contributed by atoms with van der Waals surface area (Å²) in [5.41, 5.74) is 3.14. The van der Waals surface area contributed by atoms with Crippen LogP contribution in [0.3, 0.4) is 0 Å². The van der Waals surface area contributed by atoms with Crippen molar-refractivity contribution in [3.05, 3.63) is 94.5 Å². The average Bonchev–Trinajstić information content (AvgIpc) is 3.19. The topological polar surface area (TPSA) is 55.1 Å². The highest BCUT2D eigenvalue weighted by atomic mass is 35.5. The van der Waals surface area contributed by atoms with Gasteiger partial charge in [0.25, 0.3) is 5.91 Å². The van der Waals surface area contributed by atoms with Crippen molar-refractivity contribution in [2.45, 2.75) is 0 Å². The van der Waals surface area contributed by atoms with Gasteiger partial charge in [-0.2, -0.15) is 0 Å². The highest BCUT2D eigenvalue weighted by molar-refractivity contribution is 6.36. The number of oxazole rings is 1. The molecule has 4 aromatic carbocycles. The molecule has 0 atom stereocenters. The molecule has 0 radical (unpaired) electrons. The SMILES string of the molecule is O=C(Nc1ccc(Cl)c(-c2nc3ccccc3o2)c1)c1cccc2c(Cl)cccc12. The van der Waals surface area contributed by atoms with Gasteiger partial charge in [0.15, 0.2) is 5.58 Å². The first-order chi connectivity index (χ1) is 14.6. The number of fused-ring (bicyclic) bond motifs is 2. The van der Waals surface area contributed by atoms with Gasteiger partial charge in [-0.25, -0.2) is 4.98 Å². The van der Waals surface area contributed by atoms with Gasteiger partial charge in [-0.15, -0.1) is 0 Å². The summed E-state index contributed by atoms with van der Waals surface area (Å²) < 4.78 is 5.83. The number of hydrogen-bond acceptors (Lipinski definition) is 3. The maximum Gasteiger partial charge on any atom is 0.256 e. The molecule has 6 heteroatoms. The van der Waals surface area contributed by atoms with Gasteiger partial charge in [0.05, 0.1) is 10.6 Å². The number of para-hydroxylation sites is 2. The Labute approximate surface area is 182 Å². The van der Waals surface area contributed by atoms with Crippen LogP contribution in [0, 0.1) is 0 Å². The van der Waals surface area contributed by atoms with E-state index < -0.39 is 0 Å². The molecule has 146 valence electrons. The molecule has 0 aliphatic carbocycles. The van der Waals surface area contributed by atoms with E-state index in [1.165, 1.54) is 0 Å². The lowest BCUT2D eigenvalue weighted by molar-refractivity contribution is 0.102. The minimum absolute atomic E-state index is 0.242. The third kappa shape index (κ3) is 3.30. The molecule has 30 heavy (non-hydrogen) atoms. The number of nitrogens with one attached hydrogen (secondary N) is 1. The van der Waals surface area contributed by atoms with Crippen LogP contribution >= 0.6 is 23.2 Å². The van der Waals surface area contributed by atoms with Gasteiger partial charge in [0.2, 0.25) is 5.89 Å². The van der Waals surface area contributed by atoms with Crippen LogP contribution in [0.4, 0.5) is 5.69 Å². The van der Waals surface area contributed by atoms with Crippen LogP contribution in [0.1, 0.15) is 10.4 Å². The maximum atomic E-state index is 13.0. The van der Waals surface area contributed by atoms with Crippen LogP contribution in [0.2, 0.25) is 10.0 Å². The summed E-state index contributed by atoms with van der Waals surface area (Å²) in [5.74, 6) is 0.156. The molecular formula is C24H14Cl2N2O2. The largest absolute Gasteiger partial charge is 0.436 e. The van der Waals surface area contributed by atoms with Gasteiger partial charge >= 0.3 is 0 Å². The van der Waals surface area contributed by atoms with Crippen LogP contribution in [0.5, 0.6) is 0 Å². The van der Waals surface area contributed by atoms with Crippen molar-refractivity contribution < 1.29 is 9.21 Å². The quantitative estimate of drug-likeness (QED) is 0.327. The van der Waals surface area contributed by atoms with Gasteiger partial charge in [-0.3, -0.25) is 4.79 Å². The zero-order valence-corrected chi connectivity index (χ0v) is 17.0. The predicted molar refractivity (Wildman–Crippen MR) is 121 cm³/mol. The Morgan fingerprint density at radius 1 is 0.833 bits per heavy atom. The summed E-state index contributed by atoms with van der Waals surface area (Å²) in [7, 11) is 0. The van der Waals surface area contributed by atoms with Gasteiger partial charge in [-0.1, -0.05) is 59.6 Å². The molecule has 0 spiro atoms. The van der Waals surface area contributed by atoms with Crippen LogP contribution in [-0.4, -0.2) is 10.9 Å².